The van der Waals surface area contributed by atoms with Gasteiger partial charge in [-0.05, 0) is 18.2 Å². The van der Waals surface area contributed by atoms with Gasteiger partial charge in [-0.1, -0.05) is 0 Å². The number of benzene rings is 1. The average molecular weight is 342 g/mol. The lowest BCUT2D eigenvalue weighted by atomic mass is 10.1. The van der Waals surface area contributed by atoms with Crippen LogP contribution < -0.4 is 15.8 Å². The fourth-order valence-corrected chi connectivity index (χ4v) is 2.48. The number of carbonyl (C=O) groups is 2. The highest BCUT2D eigenvalue weighted by Crippen LogP contribution is 2.25. The van der Waals surface area contributed by atoms with E-state index >= 15 is 0 Å². The van der Waals surface area contributed by atoms with Crippen LogP contribution in [0, 0.1) is 0 Å². The van der Waals surface area contributed by atoms with Crippen LogP contribution in [0.25, 0.3) is 0 Å². The third-order valence-corrected chi connectivity index (χ3v) is 3.78. The van der Waals surface area contributed by atoms with Crippen LogP contribution in [0.3, 0.4) is 0 Å². The van der Waals surface area contributed by atoms with E-state index in [9.17, 15) is 18.4 Å². The van der Waals surface area contributed by atoms with Gasteiger partial charge in [0.25, 0.3) is 6.43 Å². The largest absolute Gasteiger partial charge is 0.495 e. The van der Waals surface area contributed by atoms with Crippen molar-refractivity contribution in [2.45, 2.75) is 6.43 Å². The Balaban J connectivity index is 2.00. The summed E-state index contributed by atoms with van der Waals surface area (Å²) in [4.78, 5) is 26.7. The van der Waals surface area contributed by atoms with Gasteiger partial charge < -0.3 is 20.7 Å². The molecule has 0 bridgehead atoms. The van der Waals surface area contributed by atoms with Crippen molar-refractivity contribution in [1.29, 1.82) is 0 Å². The van der Waals surface area contributed by atoms with Crippen molar-refractivity contribution in [2.24, 2.45) is 5.73 Å². The average Bonchev–Trinajstić information content (AvgIpc) is 2.54. The van der Waals surface area contributed by atoms with E-state index < -0.39 is 12.3 Å². The van der Waals surface area contributed by atoms with Gasteiger partial charge in [0.1, 0.15) is 5.75 Å². The van der Waals surface area contributed by atoms with E-state index in [0.717, 1.165) is 0 Å². The van der Waals surface area contributed by atoms with Gasteiger partial charge >= 0.3 is 6.03 Å². The molecule has 0 aromatic heterocycles. The molecule has 1 aromatic rings. The molecule has 1 heterocycles. The number of hydrogen-bond donors (Lipinski definition) is 2. The summed E-state index contributed by atoms with van der Waals surface area (Å²) in [5.74, 6) is -0.224. The first-order valence-electron chi connectivity index (χ1n) is 7.45. The lowest BCUT2D eigenvalue weighted by Crippen LogP contribution is -2.50. The Morgan fingerprint density at radius 1 is 1.29 bits per heavy atom. The minimum Gasteiger partial charge on any atom is -0.495 e. The maximum atomic E-state index is 12.4. The summed E-state index contributed by atoms with van der Waals surface area (Å²) in [7, 11) is 1.44. The van der Waals surface area contributed by atoms with Crippen molar-refractivity contribution in [3.05, 3.63) is 23.8 Å². The molecule has 0 aliphatic carbocycles. The fourth-order valence-electron chi connectivity index (χ4n) is 2.48. The first-order valence-corrected chi connectivity index (χ1v) is 7.45. The highest BCUT2D eigenvalue weighted by molar-refractivity contribution is 5.97. The standard InChI is InChI=1S/C15H20F2N4O3/c1-24-12-3-2-10(14(18)22)8-11(12)19-15(23)21-6-4-20(5-7-21)9-13(16)17/h2-3,8,13H,4-7,9H2,1H3,(H2,18,22)(H,19,23). The molecule has 9 heteroatoms. The third kappa shape index (κ3) is 4.54. The van der Waals surface area contributed by atoms with Crippen LogP contribution in [0.5, 0.6) is 5.75 Å². The number of urea groups is 1. The number of primary amides is 1. The Labute approximate surface area is 138 Å². The zero-order valence-corrected chi connectivity index (χ0v) is 13.3. The molecule has 3 amide bonds. The molecule has 132 valence electrons. The fraction of sp³-hybridized carbons (Fsp3) is 0.467. The number of methoxy groups -OCH3 is 1. The second kappa shape index (κ2) is 7.91. The molecular formula is C15H20F2N4O3. The number of halogens is 2. The normalized spacial score (nSPS) is 15.4. The molecule has 1 aromatic carbocycles. The quantitative estimate of drug-likeness (QED) is 0.842. The smallest absolute Gasteiger partial charge is 0.322 e. The number of nitrogens with two attached hydrogens (primary N) is 1. The van der Waals surface area contributed by atoms with Crippen molar-refractivity contribution in [3.8, 4) is 5.75 Å². The SMILES string of the molecule is COc1ccc(C(N)=O)cc1NC(=O)N1CCN(CC(F)F)CC1. The van der Waals surface area contributed by atoms with Crippen LogP contribution in [-0.2, 0) is 0 Å². The molecule has 1 aliphatic rings. The number of nitrogens with zero attached hydrogens (tertiary/aromatic N) is 2. The summed E-state index contributed by atoms with van der Waals surface area (Å²) in [6, 6.07) is 4.09. The predicted octanol–water partition coefficient (Wildman–Crippen LogP) is 1.21. The lowest BCUT2D eigenvalue weighted by molar-refractivity contribution is 0.0651. The molecular weight excluding hydrogens is 322 g/mol. The molecule has 7 nitrogen and oxygen atoms in total. The summed E-state index contributed by atoms with van der Waals surface area (Å²) >= 11 is 0. The number of ether oxygens (including phenoxy) is 1. The van der Waals surface area contributed by atoms with E-state index in [2.05, 4.69) is 5.32 Å². The Morgan fingerprint density at radius 3 is 2.50 bits per heavy atom. The van der Waals surface area contributed by atoms with Crippen molar-refractivity contribution in [3.63, 3.8) is 0 Å². The molecule has 0 atom stereocenters. The Kier molecular flexibility index (Phi) is 5.91. The minimum atomic E-state index is -2.38. The van der Waals surface area contributed by atoms with Crippen LogP contribution in [0.1, 0.15) is 10.4 Å². The third-order valence-electron chi connectivity index (χ3n) is 3.78. The topological polar surface area (TPSA) is 87.9 Å². The first kappa shape index (κ1) is 17.9. The summed E-state index contributed by atoms with van der Waals surface area (Å²) in [5.41, 5.74) is 5.80. The molecule has 1 saturated heterocycles. The zero-order valence-electron chi connectivity index (χ0n) is 13.3. The Morgan fingerprint density at radius 2 is 1.96 bits per heavy atom. The number of alkyl halides is 2. The highest BCUT2D eigenvalue weighted by Gasteiger charge is 2.23. The predicted molar refractivity (Wildman–Crippen MR) is 84.5 cm³/mol. The van der Waals surface area contributed by atoms with Crippen molar-refractivity contribution < 1.29 is 23.1 Å². The molecule has 0 radical (unpaired) electrons. The van der Waals surface area contributed by atoms with E-state index in [0.29, 0.717) is 37.6 Å². The number of nitrogens with one attached hydrogen (secondary N) is 1. The van der Waals surface area contributed by atoms with Crippen molar-refractivity contribution in [2.75, 3.05) is 45.2 Å². The molecule has 1 fully saturated rings. The van der Waals surface area contributed by atoms with Gasteiger partial charge in [0.05, 0.1) is 19.3 Å². The number of carbonyl (C=O) groups excluding carboxylic acids is 2. The maximum Gasteiger partial charge on any atom is 0.322 e. The van der Waals surface area contributed by atoms with Gasteiger partial charge in [-0.15, -0.1) is 0 Å². The van der Waals surface area contributed by atoms with Crippen LogP contribution in [-0.4, -0.2) is 68.0 Å². The Bertz CT molecular complexity index is 604. The lowest BCUT2D eigenvalue weighted by Gasteiger charge is -2.34. The summed E-state index contributed by atoms with van der Waals surface area (Å²) in [6.45, 7) is 1.17. The van der Waals surface area contributed by atoms with E-state index in [1.165, 1.54) is 30.2 Å². The molecule has 1 aliphatic heterocycles. The van der Waals surface area contributed by atoms with Crippen LogP contribution in [0.15, 0.2) is 18.2 Å². The van der Waals surface area contributed by atoms with Gasteiger partial charge in [-0.25, -0.2) is 13.6 Å². The molecule has 0 spiro atoms. The molecule has 2 rings (SSSR count). The minimum absolute atomic E-state index is 0.243. The summed E-state index contributed by atoms with van der Waals surface area (Å²) in [5, 5.41) is 2.67. The van der Waals surface area contributed by atoms with E-state index in [1.807, 2.05) is 0 Å². The van der Waals surface area contributed by atoms with Gasteiger partial charge in [0.15, 0.2) is 0 Å². The molecule has 0 saturated carbocycles. The highest BCUT2D eigenvalue weighted by atomic mass is 19.3. The summed E-state index contributed by atoms with van der Waals surface area (Å²) in [6.07, 6.45) is -2.38. The van der Waals surface area contributed by atoms with Gasteiger partial charge in [-0.3, -0.25) is 9.69 Å². The van der Waals surface area contributed by atoms with Crippen molar-refractivity contribution in [1.82, 2.24) is 9.80 Å². The van der Waals surface area contributed by atoms with E-state index in [-0.39, 0.29) is 18.1 Å². The molecule has 3 N–H and O–H groups in total. The second-order valence-corrected chi connectivity index (χ2v) is 5.39. The van der Waals surface area contributed by atoms with Crippen molar-refractivity contribution >= 4 is 17.6 Å². The van der Waals surface area contributed by atoms with Crippen LogP contribution in [0.4, 0.5) is 19.3 Å². The number of hydrogen-bond acceptors (Lipinski definition) is 4. The number of rotatable bonds is 5. The number of anilines is 1. The van der Waals surface area contributed by atoms with Gasteiger partial charge in [0.2, 0.25) is 5.91 Å². The zero-order chi connectivity index (χ0) is 17.7. The van der Waals surface area contributed by atoms with Crippen LogP contribution >= 0.6 is 0 Å². The number of amides is 3. The molecule has 24 heavy (non-hydrogen) atoms. The van der Waals surface area contributed by atoms with Gasteiger partial charge in [-0.2, -0.15) is 0 Å². The number of piperazine rings is 1. The van der Waals surface area contributed by atoms with Gasteiger partial charge in [0, 0.05) is 31.7 Å². The second-order valence-electron chi connectivity index (χ2n) is 5.39. The Hall–Kier alpha value is -2.42. The molecule has 0 unspecified atom stereocenters. The summed E-state index contributed by atoms with van der Waals surface area (Å²) < 4.78 is 29.9. The maximum absolute atomic E-state index is 12.4. The van der Waals surface area contributed by atoms with E-state index in [4.69, 9.17) is 10.5 Å². The van der Waals surface area contributed by atoms with E-state index in [1.54, 1.807) is 4.90 Å². The first-order chi connectivity index (χ1) is 11.4. The van der Waals surface area contributed by atoms with Crippen LogP contribution in [0.2, 0.25) is 0 Å². The monoisotopic (exact) mass is 342 g/mol.